The van der Waals surface area contributed by atoms with Gasteiger partial charge in [0.25, 0.3) is 0 Å². The molecule has 0 aliphatic heterocycles. The number of hydrogen-bond donors (Lipinski definition) is 0. The van der Waals surface area contributed by atoms with Gasteiger partial charge >= 0.3 is 6.18 Å². The van der Waals surface area contributed by atoms with Crippen LogP contribution >= 0.6 is 0 Å². The van der Waals surface area contributed by atoms with Crippen LogP contribution in [0.5, 0.6) is 0 Å². The van der Waals surface area contributed by atoms with Crippen LogP contribution in [0.25, 0.3) is 0 Å². The highest BCUT2D eigenvalue weighted by molar-refractivity contribution is 5.17. The minimum Gasteiger partial charge on any atom is -0.181 e. The van der Waals surface area contributed by atoms with Crippen molar-refractivity contribution in [3.63, 3.8) is 0 Å². The lowest BCUT2D eigenvalue weighted by atomic mass is 10.2. The van der Waals surface area contributed by atoms with E-state index in [2.05, 4.69) is 0 Å². The molecule has 0 atom stereocenters. The van der Waals surface area contributed by atoms with Gasteiger partial charge in [-0.25, -0.2) is 0 Å². The molecule has 0 aliphatic rings. The van der Waals surface area contributed by atoms with E-state index in [4.69, 9.17) is 10.5 Å². The van der Waals surface area contributed by atoms with E-state index in [0.29, 0.717) is 0 Å². The van der Waals surface area contributed by atoms with E-state index in [1.165, 1.54) is 24.3 Å². The lowest BCUT2D eigenvalue weighted by Gasteiger charge is -2.03. The maximum Gasteiger partial charge on any atom is 0.416 e. The summed E-state index contributed by atoms with van der Waals surface area (Å²) >= 11 is 0. The first-order valence-corrected chi connectivity index (χ1v) is 3.42. The number of alkyl halides is 3. The lowest BCUT2D eigenvalue weighted by Crippen LogP contribution is -2.03. The molecule has 1 aromatic rings. The molecule has 0 bridgehead atoms. The molecule has 1 rings (SSSR count). The molecule has 0 aliphatic carbocycles. The lowest BCUT2D eigenvalue weighted by molar-refractivity contribution is -0.137. The second kappa shape index (κ2) is 5.60. The number of hydrogen-bond acceptors (Lipinski definition) is 2. The van der Waals surface area contributed by atoms with Gasteiger partial charge in [-0.15, -0.1) is 0 Å². The van der Waals surface area contributed by atoms with Crippen LogP contribution in [-0.2, 0) is 6.18 Å². The van der Waals surface area contributed by atoms with Gasteiger partial charge in [0, 0.05) is 0 Å². The fraction of sp³-hybridized carbons (Fsp3) is 0.111. The molecule has 0 N–H and O–H groups in total. The van der Waals surface area contributed by atoms with Crippen LogP contribution in [0.2, 0.25) is 0 Å². The summed E-state index contributed by atoms with van der Waals surface area (Å²) in [5, 5.41) is 14.5. The Labute approximate surface area is 78.8 Å². The van der Waals surface area contributed by atoms with Crippen molar-refractivity contribution in [2.24, 2.45) is 0 Å². The van der Waals surface area contributed by atoms with Crippen molar-refractivity contribution in [3.05, 3.63) is 35.9 Å². The van der Waals surface area contributed by atoms with Crippen LogP contribution in [-0.4, -0.2) is 0 Å². The maximum atomic E-state index is 11.8. The Morgan fingerprint density at radius 1 is 0.929 bits per heavy atom. The molecule has 0 amide bonds. The van der Waals surface area contributed by atoms with Gasteiger partial charge in [0.1, 0.15) is 0 Å². The van der Waals surface area contributed by atoms with Crippen molar-refractivity contribution in [1.82, 2.24) is 0 Å². The van der Waals surface area contributed by atoms with Gasteiger partial charge in [-0.3, -0.25) is 0 Å². The number of nitriles is 2. The average Bonchev–Trinajstić information content (AvgIpc) is 2.18. The summed E-state index contributed by atoms with van der Waals surface area (Å²) in [4.78, 5) is 0. The smallest absolute Gasteiger partial charge is 0.181 e. The van der Waals surface area contributed by atoms with Crippen molar-refractivity contribution in [2.75, 3.05) is 0 Å². The predicted molar refractivity (Wildman–Crippen MR) is 42.7 cm³/mol. The summed E-state index contributed by atoms with van der Waals surface area (Å²) in [5.41, 5.74) is -0.602. The van der Waals surface area contributed by atoms with Crippen molar-refractivity contribution in [2.45, 2.75) is 6.18 Å². The minimum atomic E-state index is -4.21. The van der Waals surface area contributed by atoms with Gasteiger partial charge in [-0.2, -0.15) is 23.7 Å². The normalized spacial score (nSPS) is 8.93. The third kappa shape index (κ3) is 4.78. The summed E-state index contributed by atoms with van der Waals surface area (Å²) in [5.74, 6) is 0. The average molecular weight is 198 g/mol. The molecule has 14 heavy (non-hydrogen) atoms. The monoisotopic (exact) mass is 198 g/mol. The van der Waals surface area contributed by atoms with E-state index in [1.54, 1.807) is 6.07 Å². The molecular weight excluding hydrogens is 193 g/mol. The predicted octanol–water partition coefficient (Wildman–Crippen LogP) is 2.74. The molecule has 72 valence electrons. The van der Waals surface area contributed by atoms with Crippen LogP contribution in [0, 0.1) is 22.7 Å². The Hall–Kier alpha value is -2.01. The molecule has 1 aromatic carbocycles. The summed E-state index contributed by atoms with van der Waals surface area (Å²) in [6, 6.07) is 8.83. The molecule has 0 aromatic heterocycles. The number of nitrogens with zero attached hydrogens (tertiary/aromatic N) is 2. The van der Waals surface area contributed by atoms with Gasteiger partial charge in [0.05, 0.1) is 5.56 Å². The van der Waals surface area contributed by atoms with Crippen molar-refractivity contribution >= 4 is 0 Å². The first-order valence-electron chi connectivity index (χ1n) is 3.42. The number of benzene rings is 1. The summed E-state index contributed by atoms with van der Waals surface area (Å²) < 4.78 is 35.4. The molecule has 0 radical (unpaired) electrons. The van der Waals surface area contributed by atoms with Crippen LogP contribution in [0.15, 0.2) is 30.3 Å². The highest BCUT2D eigenvalue weighted by atomic mass is 19.4. The molecule has 0 heterocycles. The van der Waals surface area contributed by atoms with Gasteiger partial charge in [-0.05, 0) is 0 Å². The standard InChI is InChI=1S/C7H5F3.C2N2/c8-7(9,10)6-4-2-1-3-5-6;3-1-2-4/h1-5H;. The highest BCUT2D eigenvalue weighted by Crippen LogP contribution is 2.28. The minimum absolute atomic E-state index is 0.602. The molecule has 5 heteroatoms. The van der Waals surface area contributed by atoms with Crippen LogP contribution in [0.3, 0.4) is 0 Å². The van der Waals surface area contributed by atoms with Gasteiger partial charge in [0.15, 0.2) is 12.1 Å². The van der Waals surface area contributed by atoms with Gasteiger partial charge in [-0.1, -0.05) is 30.3 Å². The van der Waals surface area contributed by atoms with Crippen molar-refractivity contribution < 1.29 is 13.2 Å². The maximum absolute atomic E-state index is 11.8. The quantitative estimate of drug-likeness (QED) is 0.643. The third-order valence-corrected chi connectivity index (χ3v) is 1.15. The number of halogens is 3. The second-order valence-corrected chi connectivity index (χ2v) is 2.09. The first-order chi connectivity index (χ1) is 6.52. The molecular formula is C9H5F3N2. The largest absolute Gasteiger partial charge is 0.416 e. The Morgan fingerprint density at radius 3 is 1.57 bits per heavy atom. The van der Waals surface area contributed by atoms with Gasteiger partial charge in [0.2, 0.25) is 0 Å². The molecule has 0 spiro atoms. The molecule has 0 saturated heterocycles. The highest BCUT2D eigenvalue weighted by Gasteiger charge is 2.29. The fourth-order valence-electron chi connectivity index (χ4n) is 0.627. The van der Waals surface area contributed by atoms with E-state index in [0.717, 1.165) is 12.1 Å². The van der Waals surface area contributed by atoms with E-state index < -0.39 is 11.7 Å². The summed E-state index contributed by atoms with van der Waals surface area (Å²) in [6.45, 7) is 0. The van der Waals surface area contributed by atoms with Crippen LogP contribution in [0.4, 0.5) is 13.2 Å². The third-order valence-electron chi connectivity index (χ3n) is 1.15. The van der Waals surface area contributed by atoms with E-state index in [-0.39, 0.29) is 0 Å². The Morgan fingerprint density at radius 2 is 1.36 bits per heavy atom. The Bertz CT molecular complexity index is 331. The Balaban J connectivity index is 0.000000364. The van der Waals surface area contributed by atoms with Crippen LogP contribution in [0.1, 0.15) is 5.56 Å². The zero-order valence-corrected chi connectivity index (χ0v) is 6.92. The van der Waals surface area contributed by atoms with Gasteiger partial charge < -0.3 is 0 Å². The summed E-state index contributed by atoms with van der Waals surface area (Å²) in [7, 11) is 0. The van der Waals surface area contributed by atoms with Crippen molar-refractivity contribution in [1.29, 1.82) is 10.5 Å². The second-order valence-electron chi connectivity index (χ2n) is 2.09. The molecule has 0 fully saturated rings. The SMILES string of the molecule is FC(F)(F)c1ccccc1.N#CC#N. The molecule has 0 unspecified atom stereocenters. The van der Waals surface area contributed by atoms with Crippen molar-refractivity contribution in [3.8, 4) is 12.1 Å². The Kier molecular flexibility index (Phi) is 4.80. The molecule has 2 nitrogen and oxygen atoms in total. The first kappa shape index (κ1) is 12.0. The zero-order valence-electron chi connectivity index (χ0n) is 6.92. The van der Waals surface area contributed by atoms with Crippen LogP contribution < -0.4 is 0 Å². The number of rotatable bonds is 0. The van der Waals surface area contributed by atoms with E-state index >= 15 is 0 Å². The van der Waals surface area contributed by atoms with E-state index in [9.17, 15) is 13.2 Å². The van der Waals surface area contributed by atoms with E-state index in [1.807, 2.05) is 0 Å². The summed E-state index contributed by atoms with van der Waals surface area (Å²) in [6.07, 6.45) is -4.21. The topological polar surface area (TPSA) is 47.6 Å². The fourth-order valence-corrected chi connectivity index (χ4v) is 0.627. The zero-order chi connectivity index (χ0) is 11.0. The molecule has 0 saturated carbocycles.